The van der Waals surface area contributed by atoms with Gasteiger partial charge in [-0.05, 0) is 18.2 Å². The fourth-order valence-corrected chi connectivity index (χ4v) is 1.90. The lowest BCUT2D eigenvalue weighted by Gasteiger charge is -2.14. The highest BCUT2D eigenvalue weighted by Crippen LogP contribution is 2.25. The Balaban J connectivity index is 2.12. The summed E-state index contributed by atoms with van der Waals surface area (Å²) in [4.78, 5) is 23.7. The molecule has 1 N–H and O–H groups in total. The highest BCUT2D eigenvalue weighted by atomic mass is 19.1. The number of carbonyl (C=O) groups excluding carboxylic acids is 2. The average molecular weight is 276 g/mol. The van der Waals surface area contributed by atoms with Gasteiger partial charge in [0.15, 0.2) is 0 Å². The molecule has 1 atom stereocenters. The van der Waals surface area contributed by atoms with E-state index in [1.807, 2.05) is 0 Å². The number of amides is 2. The van der Waals surface area contributed by atoms with Crippen LogP contribution in [0.25, 0.3) is 0 Å². The Morgan fingerprint density at radius 1 is 1.65 bits per heavy atom. The predicted molar refractivity (Wildman–Crippen MR) is 70.6 cm³/mol. The maximum atomic E-state index is 13.9. The van der Waals surface area contributed by atoms with Gasteiger partial charge in [-0.2, -0.15) is 0 Å². The molecule has 1 aliphatic heterocycles. The van der Waals surface area contributed by atoms with E-state index < -0.39 is 18.0 Å². The van der Waals surface area contributed by atoms with Crippen LogP contribution in [-0.4, -0.2) is 31.2 Å². The van der Waals surface area contributed by atoms with Crippen molar-refractivity contribution in [3.8, 4) is 12.3 Å². The minimum atomic E-state index is -0.646. The first kappa shape index (κ1) is 13.9. The summed E-state index contributed by atoms with van der Waals surface area (Å²) < 4.78 is 18.9. The summed E-state index contributed by atoms with van der Waals surface area (Å²) in [5.74, 6) is 1.51. The molecule has 1 aliphatic rings. The lowest BCUT2D eigenvalue weighted by Crippen LogP contribution is -2.33. The number of cyclic esters (lactones) is 1. The van der Waals surface area contributed by atoms with Crippen LogP contribution in [-0.2, 0) is 9.53 Å². The summed E-state index contributed by atoms with van der Waals surface area (Å²) in [7, 11) is 0. The van der Waals surface area contributed by atoms with Crippen LogP contribution in [0, 0.1) is 18.2 Å². The molecule has 1 fully saturated rings. The van der Waals surface area contributed by atoms with Gasteiger partial charge in [-0.25, -0.2) is 9.18 Å². The van der Waals surface area contributed by atoms with Crippen LogP contribution in [0.4, 0.5) is 14.9 Å². The quantitative estimate of drug-likeness (QED) is 0.846. The molecule has 2 amide bonds. The molecule has 0 aromatic heterocycles. The molecule has 0 saturated carbocycles. The molecule has 5 nitrogen and oxygen atoms in total. The molecule has 0 aliphatic carbocycles. The van der Waals surface area contributed by atoms with Crippen molar-refractivity contribution in [1.29, 1.82) is 0 Å². The third-order valence-corrected chi connectivity index (χ3v) is 2.86. The topological polar surface area (TPSA) is 58.6 Å². The molecule has 0 unspecified atom stereocenters. The highest BCUT2D eigenvalue weighted by molar-refractivity contribution is 5.90. The van der Waals surface area contributed by atoms with Gasteiger partial charge in [-0.1, -0.05) is 5.92 Å². The van der Waals surface area contributed by atoms with E-state index in [1.54, 1.807) is 6.07 Å². The Labute approximate surface area is 115 Å². The number of hydrogen-bond donors (Lipinski definition) is 1. The Hall–Kier alpha value is -2.55. The van der Waals surface area contributed by atoms with Gasteiger partial charge in [0.2, 0.25) is 5.91 Å². The SMILES string of the molecule is C#Cc1ccc(N2C[C@H](CNC(C)=O)OC2=O)c(F)c1. The molecule has 1 aromatic rings. The predicted octanol–water partition coefficient (Wildman–Crippen LogP) is 1.27. The van der Waals surface area contributed by atoms with Crippen molar-refractivity contribution < 1.29 is 18.7 Å². The van der Waals surface area contributed by atoms with Crippen LogP contribution in [0.5, 0.6) is 0 Å². The van der Waals surface area contributed by atoms with Crippen molar-refractivity contribution in [2.24, 2.45) is 0 Å². The minimum absolute atomic E-state index is 0.110. The summed E-state index contributed by atoms with van der Waals surface area (Å²) >= 11 is 0. The van der Waals surface area contributed by atoms with E-state index in [-0.39, 0.29) is 24.7 Å². The number of halogens is 1. The molecule has 6 heteroatoms. The molecule has 1 aromatic carbocycles. The normalized spacial score (nSPS) is 17.6. The molecule has 1 saturated heterocycles. The first-order valence-corrected chi connectivity index (χ1v) is 6.00. The molecule has 0 spiro atoms. The number of ether oxygens (including phenoxy) is 1. The van der Waals surface area contributed by atoms with Crippen LogP contribution < -0.4 is 10.2 Å². The Bertz CT molecular complexity index is 595. The summed E-state index contributed by atoms with van der Waals surface area (Å²) in [6, 6.07) is 4.17. The van der Waals surface area contributed by atoms with E-state index in [4.69, 9.17) is 11.2 Å². The van der Waals surface area contributed by atoms with Gasteiger partial charge < -0.3 is 10.1 Å². The fraction of sp³-hybridized carbons (Fsp3) is 0.286. The van der Waals surface area contributed by atoms with Gasteiger partial charge in [0.1, 0.15) is 11.9 Å². The van der Waals surface area contributed by atoms with Crippen molar-refractivity contribution in [3.63, 3.8) is 0 Å². The first-order valence-electron chi connectivity index (χ1n) is 6.00. The van der Waals surface area contributed by atoms with E-state index in [9.17, 15) is 14.0 Å². The fourth-order valence-electron chi connectivity index (χ4n) is 1.90. The number of benzene rings is 1. The molecular weight excluding hydrogens is 263 g/mol. The van der Waals surface area contributed by atoms with Crippen LogP contribution in [0.1, 0.15) is 12.5 Å². The second kappa shape index (κ2) is 5.61. The summed E-state index contributed by atoms with van der Waals surface area (Å²) in [6.07, 6.45) is 4.03. The third kappa shape index (κ3) is 2.88. The number of nitrogens with zero attached hydrogens (tertiary/aromatic N) is 1. The molecule has 1 heterocycles. The highest BCUT2D eigenvalue weighted by Gasteiger charge is 2.33. The van der Waals surface area contributed by atoms with E-state index in [1.165, 1.54) is 24.0 Å². The van der Waals surface area contributed by atoms with Gasteiger partial charge in [0, 0.05) is 12.5 Å². The van der Waals surface area contributed by atoms with Gasteiger partial charge in [-0.3, -0.25) is 9.69 Å². The number of anilines is 1. The number of hydrogen-bond acceptors (Lipinski definition) is 3. The van der Waals surface area contributed by atoms with Crippen LogP contribution in [0.3, 0.4) is 0 Å². The monoisotopic (exact) mass is 276 g/mol. The van der Waals surface area contributed by atoms with Crippen LogP contribution in [0.2, 0.25) is 0 Å². The average Bonchev–Trinajstić information content (AvgIpc) is 2.77. The molecule has 104 valence electrons. The maximum absolute atomic E-state index is 13.9. The summed E-state index contributed by atoms with van der Waals surface area (Å²) in [5, 5.41) is 2.55. The second-order valence-corrected chi connectivity index (χ2v) is 4.36. The van der Waals surface area contributed by atoms with Gasteiger partial charge >= 0.3 is 6.09 Å². The molecule has 20 heavy (non-hydrogen) atoms. The lowest BCUT2D eigenvalue weighted by atomic mass is 10.2. The van der Waals surface area contributed by atoms with Crippen molar-refractivity contribution in [2.75, 3.05) is 18.0 Å². The summed E-state index contributed by atoms with van der Waals surface area (Å²) in [6.45, 7) is 1.74. The smallest absolute Gasteiger partial charge is 0.414 e. The molecular formula is C14H13FN2O3. The maximum Gasteiger partial charge on any atom is 0.414 e. The van der Waals surface area contributed by atoms with Gasteiger partial charge in [-0.15, -0.1) is 6.42 Å². The van der Waals surface area contributed by atoms with Crippen LogP contribution >= 0.6 is 0 Å². The zero-order valence-electron chi connectivity index (χ0n) is 10.9. The Morgan fingerprint density at radius 3 is 3.00 bits per heavy atom. The Morgan fingerprint density at radius 2 is 2.40 bits per heavy atom. The largest absolute Gasteiger partial charge is 0.442 e. The summed E-state index contributed by atoms with van der Waals surface area (Å²) in [5.41, 5.74) is 0.507. The van der Waals surface area contributed by atoms with E-state index in [0.717, 1.165) is 0 Å². The number of terminal acetylenes is 1. The van der Waals surface area contributed by atoms with Crippen molar-refractivity contribution in [2.45, 2.75) is 13.0 Å². The van der Waals surface area contributed by atoms with E-state index in [2.05, 4.69) is 11.2 Å². The number of nitrogens with one attached hydrogen (secondary N) is 1. The third-order valence-electron chi connectivity index (χ3n) is 2.86. The van der Waals surface area contributed by atoms with Crippen LogP contribution in [0.15, 0.2) is 18.2 Å². The number of carbonyl (C=O) groups is 2. The number of rotatable bonds is 3. The molecule has 0 bridgehead atoms. The van der Waals surface area contributed by atoms with E-state index in [0.29, 0.717) is 5.56 Å². The zero-order chi connectivity index (χ0) is 14.7. The van der Waals surface area contributed by atoms with Gasteiger partial charge in [0.05, 0.1) is 18.8 Å². The molecule has 0 radical (unpaired) electrons. The first-order chi connectivity index (χ1) is 9.51. The lowest BCUT2D eigenvalue weighted by molar-refractivity contribution is -0.119. The van der Waals surface area contributed by atoms with Gasteiger partial charge in [0.25, 0.3) is 0 Å². The zero-order valence-corrected chi connectivity index (χ0v) is 10.9. The Kier molecular flexibility index (Phi) is 3.89. The molecule has 2 rings (SSSR count). The minimum Gasteiger partial charge on any atom is -0.442 e. The standard InChI is InChI=1S/C14H13FN2O3/c1-3-10-4-5-13(12(15)6-10)17-8-11(20-14(17)19)7-16-9(2)18/h1,4-6,11H,7-8H2,2H3,(H,16,18)/t11-/m0/s1. The van der Waals surface area contributed by atoms with Crippen molar-refractivity contribution in [3.05, 3.63) is 29.6 Å². The second-order valence-electron chi connectivity index (χ2n) is 4.36. The van der Waals surface area contributed by atoms with Crippen molar-refractivity contribution >= 4 is 17.7 Å². The van der Waals surface area contributed by atoms with Crippen molar-refractivity contribution in [1.82, 2.24) is 5.32 Å². The van der Waals surface area contributed by atoms with E-state index >= 15 is 0 Å².